The van der Waals surface area contributed by atoms with Gasteiger partial charge in [-0.3, -0.25) is 4.79 Å². The fourth-order valence-corrected chi connectivity index (χ4v) is 2.89. The molecule has 0 atom stereocenters. The van der Waals surface area contributed by atoms with Crippen molar-refractivity contribution in [1.82, 2.24) is 4.90 Å². The summed E-state index contributed by atoms with van der Waals surface area (Å²) in [4.78, 5) is 16.8. The van der Waals surface area contributed by atoms with Crippen LogP contribution in [0.1, 0.15) is 36.7 Å². The summed E-state index contributed by atoms with van der Waals surface area (Å²) in [6.45, 7) is 7.62. The zero-order valence-electron chi connectivity index (χ0n) is 14.5. The molecule has 0 unspecified atom stereocenters. The SMILES string of the molecule is CCc1ccccc1N(C)c1ccccc1C(=O)N(CC)CC. The van der Waals surface area contributed by atoms with Gasteiger partial charge in [0.25, 0.3) is 5.91 Å². The quantitative estimate of drug-likeness (QED) is 0.784. The number of amides is 1. The first-order valence-corrected chi connectivity index (χ1v) is 8.33. The number of aryl methyl sites for hydroxylation is 1. The number of hydrogen-bond donors (Lipinski definition) is 0. The van der Waals surface area contributed by atoms with Gasteiger partial charge in [-0.25, -0.2) is 0 Å². The van der Waals surface area contributed by atoms with Crippen LogP contribution in [-0.4, -0.2) is 30.9 Å². The molecule has 3 nitrogen and oxygen atoms in total. The van der Waals surface area contributed by atoms with Crippen molar-refractivity contribution in [2.75, 3.05) is 25.0 Å². The van der Waals surface area contributed by atoms with Crippen molar-refractivity contribution in [3.8, 4) is 0 Å². The van der Waals surface area contributed by atoms with Gasteiger partial charge in [-0.15, -0.1) is 0 Å². The molecule has 0 aliphatic carbocycles. The first-order chi connectivity index (χ1) is 11.1. The van der Waals surface area contributed by atoms with Crippen LogP contribution in [0.15, 0.2) is 48.5 Å². The van der Waals surface area contributed by atoms with Crippen molar-refractivity contribution in [2.45, 2.75) is 27.2 Å². The number of anilines is 2. The van der Waals surface area contributed by atoms with Crippen LogP contribution in [0.25, 0.3) is 0 Å². The lowest BCUT2D eigenvalue weighted by molar-refractivity contribution is 0.0773. The van der Waals surface area contributed by atoms with Gasteiger partial charge in [0.05, 0.1) is 11.3 Å². The molecule has 122 valence electrons. The molecular weight excluding hydrogens is 284 g/mol. The zero-order chi connectivity index (χ0) is 16.8. The lowest BCUT2D eigenvalue weighted by Crippen LogP contribution is -2.31. The molecule has 0 radical (unpaired) electrons. The normalized spacial score (nSPS) is 10.4. The summed E-state index contributed by atoms with van der Waals surface area (Å²) in [6, 6.07) is 16.2. The fraction of sp³-hybridized carbons (Fsp3) is 0.350. The van der Waals surface area contributed by atoms with Crippen molar-refractivity contribution in [3.63, 3.8) is 0 Å². The molecule has 2 aromatic rings. The Morgan fingerprint density at radius 3 is 2.04 bits per heavy atom. The molecule has 0 N–H and O–H groups in total. The molecule has 1 amide bonds. The predicted octanol–water partition coefficient (Wildman–Crippen LogP) is 4.50. The van der Waals surface area contributed by atoms with Gasteiger partial charge in [0.1, 0.15) is 0 Å². The average molecular weight is 310 g/mol. The largest absolute Gasteiger partial charge is 0.344 e. The van der Waals surface area contributed by atoms with Crippen LogP contribution in [0.3, 0.4) is 0 Å². The fourth-order valence-electron chi connectivity index (χ4n) is 2.89. The van der Waals surface area contributed by atoms with E-state index in [-0.39, 0.29) is 5.91 Å². The number of para-hydroxylation sites is 2. The smallest absolute Gasteiger partial charge is 0.255 e. The van der Waals surface area contributed by atoms with E-state index >= 15 is 0 Å². The van der Waals surface area contributed by atoms with Gasteiger partial charge in [-0.2, -0.15) is 0 Å². The van der Waals surface area contributed by atoms with Crippen LogP contribution in [0.2, 0.25) is 0 Å². The minimum absolute atomic E-state index is 0.0893. The number of carbonyl (C=O) groups excluding carboxylic acids is 1. The Kier molecular flexibility index (Phi) is 5.80. The molecular formula is C20H26N2O. The first-order valence-electron chi connectivity index (χ1n) is 8.33. The highest BCUT2D eigenvalue weighted by Gasteiger charge is 2.19. The second-order valence-electron chi connectivity index (χ2n) is 5.54. The van der Waals surface area contributed by atoms with Crippen molar-refractivity contribution in [1.29, 1.82) is 0 Å². The summed E-state index contributed by atoms with van der Waals surface area (Å²) in [7, 11) is 2.03. The maximum atomic E-state index is 12.8. The van der Waals surface area contributed by atoms with Gasteiger partial charge in [0.2, 0.25) is 0 Å². The van der Waals surface area contributed by atoms with Crippen molar-refractivity contribution in [3.05, 3.63) is 59.7 Å². The van der Waals surface area contributed by atoms with Crippen LogP contribution < -0.4 is 4.90 Å². The Bertz CT molecular complexity index is 662. The van der Waals surface area contributed by atoms with Gasteiger partial charge in [-0.1, -0.05) is 37.3 Å². The molecule has 0 heterocycles. The number of rotatable bonds is 6. The molecule has 2 aromatic carbocycles. The molecule has 0 aliphatic rings. The highest BCUT2D eigenvalue weighted by molar-refractivity contribution is 6.00. The lowest BCUT2D eigenvalue weighted by Gasteiger charge is -2.27. The molecule has 0 saturated heterocycles. The summed E-state index contributed by atoms with van der Waals surface area (Å²) in [5, 5.41) is 0. The number of nitrogens with zero attached hydrogens (tertiary/aromatic N) is 2. The third-order valence-corrected chi connectivity index (χ3v) is 4.28. The number of carbonyl (C=O) groups is 1. The van der Waals surface area contributed by atoms with Crippen molar-refractivity contribution < 1.29 is 4.79 Å². The molecule has 0 saturated carbocycles. The first kappa shape index (κ1) is 17.1. The summed E-state index contributed by atoms with van der Waals surface area (Å²) >= 11 is 0. The maximum absolute atomic E-state index is 12.8. The van der Waals surface area contributed by atoms with Crippen LogP contribution in [0.5, 0.6) is 0 Å². The van der Waals surface area contributed by atoms with E-state index in [1.165, 1.54) is 5.56 Å². The van der Waals surface area contributed by atoms with Crippen LogP contribution >= 0.6 is 0 Å². The Morgan fingerprint density at radius 2 is 1.43 bits per heavy atom. The van der Waals surface area contributed by atoms with Gasteiger partial charge in [0.15, 0.2) is 0 Å². The Morgan fingerprint density at radius 1 is 0.870 bits per heavy atom. The van der Waals surface area contributed by atoms with Gasteiger partial charge >= 0.3 is 0 Å². The molecule has 0 aromatic heterocycles. The molecule has 0 fully saturated rings. The second-order valence-corrected chi connectivity index (χ2v) is 5.54. The molecule has 0 aliphatic heterocycles. The monoisotopic (exact) mass is 310 g/mol. The summed E-state index contributed by atoms with van der Waals surface area (Å²) in [6.07, 6.45) is 0.965. The highest BCUT2D eigenvalue weighted by atomic mass is 16.2. The zero-order valence-corrected chi connectivity index (χ0v) is 14.5. The summed E-state index contributed by atoms with van der Waals surface area (Å²) in [5.41, 5.74) is 4.13. The molecule has 0 spiro atoms. The van der Waals surface area contributed by atoms with E-state index in [0.717, 1.165) is 36.4 Å². The third-order valence-electron chi connectivity index (χ3n) is 4.28. The Hall–Kier alpha value is -2.29. The highest BCUT2D eigenvalue weighted by Crippen LogP contribution is 2.30. The molecule has 23 heavy (non-hydrogen) atoms. The molecule has 2 rings (SSSR count). The minimum atomic E-state index is 0.0893. The van der Waals surface area contributed by atoms with Crippen molar-refractivity contribution >= 4 is 17.3 Å². The lowest BCUT2D eigenvalue weighted by atomic mass is 10.1. The van der Waals surface area contributed by atoms with Crippen molar-refractivity contribution in [2.24, 2.45) is 0 Å². The predicted molar refractivity (Wildman–Crippen MR) is 97.6 cm³/mol. The van der Waals surface area contributed by atoms with Crippen LogP contribution in [0.4, 0.5) is 11.4 Å². The van der Waals surface area contributed by atoms with E-state index in [1.54, 1.807) is 0 Å². The third kappa shape index (κ3) is 3.55. The van der Waals surface area contributed by atoms with E-state index in [9.17, 15) is 4.79 Å². The van der Waals surface area contributed by atoms with E-state index in [0.29, 0.717) is 0 Å². The molecule has 3 heteroatoms. The maximum Gasteiger partial charge on any atom is 0.255 e. The Labute approximate surface area is 139 Å². The van der Waals surface area contributed by atoms with Gasteiger partial charge < -0.3 is 9.80 Å². The topological polar surface area (TPSA) is 23.6 Å². The number of benzene rings is 2. The van der Waals surface area contributed by atoms with E-state index in [2.05, 4.69) is 30.0 Å². The van der Waals surface area contributed by atoms with Gasteiger partial charge in [-0.05, 0) is 44.0 Å². The summed E-state index contributed by atoms with van der Waals surface area (Å²) < 4.78 is 0. The summed E-state index contributed by atoms with van der Waals surface area (Å²) in [5.74, 6) is 0.0893. The standard InChI is InChI=1S/C20H26N2O/c1-5-16-12-8-10-14-18(16)21(4)19-15-11-9-13-17(19)20(23)22(6-2)7-3/h8-15H,5-7H2,1-4H3. The number of hydrogen-bond acceptors (Lipinski definition) is 2. The van der Waals surface area contributed by atoms with E-state index in [4.69, 9.17) is 0 Å². The Balaban J connectivity index is 2.46. The second kappa shape index (κ2) is 7.82. The van der Waals surface area contributed by atoms with E-state index < -0.39 is 0 Å². The van der Waals surface area contributed by atoms with E-state index in [1.807, 2.05) is 56.1 Å². The van der Waals surface area contributed by atoms with Gasteiger partial charge in [0, 0.05) is 25.8 Å². The molecule has 0 bridgehead atoms. The average Bonchev–Trinajstić information content (AvgIpc) is 2.62. The van der Waals surface area contributed by atoms with Crippen LogP contribution in [-0.2, 0) is 6.42 Å². The van der Waals surface area contributed by atoms with Crippen LogP contribution in [0, 0.1) is 0 Å². The minimum Gasteiger partial charge on any atom is -0.344 e.